The number of hydrogen-bond acceptors (Lipinski definition) is 7. The van der Waals surface area contributed by atoms with E-state index in [2.05, 4.69) is 36.7 Å². The number of nitrogens with one attached hydrogen (secondary N) is 3. The summed E-state index contributed by atoms with van der Waals surface area (Å²) in [5.74, 6) is 1.73. The molecule has 0 radical (unpaired) electrons. The van der Waals surface area contributed by atoms with E-state index >= 15 is 0 Å². The van der Waals surface area contributed by atoms with Gasteiger partial charge in [0.15, 0.2) is 0 Å². The molecule has 10 nitrogen and oxygen atoms in total. The first-order chi connectivity index (χ1) is 19.0. The molecule has 40 heavy (non-hydrogen) atoms. The lowest BCUT2D eigenvalue weighted by molar-refractivity contribution is -0.153. The Hall–Kier alpha value is -1.75. The number of fused-ring (bicyclic) bond motifs is 5. The van der Waals surface area contributed by atoms with Gasteiger partial charge in [-0.2, -0.15) is 0 Å². The fourth-order valence-electron chi connectivity index (χ4n) is 10.2. The first-order valence-corrected chi connectivity index (χ1v) is 15.6. The van der Waals surface area contributed by atoms with Gasteiger partial charge in [-0.15, -0.1) is 0 Å². The standard InChI is InChI=1S/C30H54N6O4/c1-17(5-4-10-37)20-6-7-21-28-22(13-24(30(20,21)3)36-27(40)16-33)29(2)9-8-19(34-25(38)14-31)11-18(29)12-23(28)35-26(39)15-32/h17-24,28,37H,4-16,31-33H2,1-3H3,(H,34,38)(H,35,39)(H,36,40)/t17-,18?,19?,20-,21+,22+,23-,24?,28?,29+,30-/m1/s1. The van der Waals surface area contributed by atoms with E-state index in [4.69, 9.17) is 17.2 Å². The molecule has 10 heteroatoms. The van der Waals surface area contributed by atoms with E-state index in [1.165, 1.54) is 0 Å². The van der Waals surface area contributed by atoms with Gasteiger partial charge in [-0.3, -0.25) is 14.4 Å². The molecule has 0 aromatic carbocycles. The molecular weight excluding hydrogens is 508 g/mol. The second-order valence-corrected chi connectivity index (χ2v) is 13.8. The summed E-state index contributed by atoms with van der Waals surface area (Å²) < 4.78 is 0. The van der Waals surface area contributed by atoms with Crippen LogP contribution in [0.4, 0.5) is 0 Å². The topological polar surface area (TPSA) is 186 Å². The highest BCUT2D eigenvalue weighted by atomic mass is 16.3. The zero-order valence-corrected chi connectivity index (χ0v) is 24.8. The van der Waals surface area contributed by atoms with Crippen molar-refractivity contribution >= 4 is 17.7 Å². The summed E-state index contributed by atoms with van der Waals surface area (Å²) >= 11 is 0. The van der Waals surface area contributed by atoms with Crippen molar-refractivity contribution in [3.8, 4) is 0 Å². The van der Waals surface area contributed by atoms with Gasteiger partial charge in [0.1, 0.15) is 0 Å². The van der Waals surface area contributed by atoms with E-state index in [0.29, 0.717) is 29.6 Å². The van der Waals surface area contributed by atoms with Gasteiger partial charge in [0.2, 0.25) is 17.7 Å². The van der Waals surface area contributed by atoms with E-state index in [-0.39, 0.29) is 78.8 Å². The molecule has 11 atom stereocenters. The van der Waals surface area contributed by atoms with Gasteiger partial charge in [-0.05, 0) is 104 Å². The molecule has 4 rings (SSSR count). The quantitative estimate of drug-likeness (QED) is 0.203. The summed E-state index contributed by atoms with van der Waals surface area (Å²) in [5, 5.41) is 19.4. The highest BCUT2D eigenvalue weighted by Crippen LogP contribution is 2.68. The van der Waals surface area contributed by atoms with Gasteiger partial charge in [0, 0.05) is 24.7 Å². The minimum absolute atomic E-state index is 0.00465. The number of carbonyl (C=O) groups is 3. The predicted octanol–water partition coefficient (Wildman–Crippen LogP) is 0.604. The monoisotopic (exact) mass is 562 g/mol. The predicted molar refractivity (Wildman–Crippen MR) is 154 cm³/mol. The van der Waals surface area contributed by atoms with Crippen molar-refractivity contribution in [2.75, 3.05) is 26.2 Å². The highest BCUT2D eigenvalue weighted by molar-refractivity contribution is 5.79. The molecular formula is C30H54N6O4. The maximum absolute atomic E-state index is 12.8. The summed E-state index contributed by atoms with van der Waals surface area (Å²) in [6, 6.07) is 0.0846. The fourth-order valence-corrected chi connectivity index (χ4v) is 10.2. The number of aliphatic hydroxyl groups excluding tert-OH is 1. The number of carbonyl (C=O) groups excluding carboxylic acids is 3. The van der Waals surface area contributed by atoms with Gasteiger partial charge in [0.05, 0.1) is 19.6 Å². The minimum atomic E-state index is -0.137. The highest BCUT2D eigenvalue weighted by Gasteiger charge is 2.66. The Morgan fingerprint density at radius 1 is 0.875 bits per heavy atom. The Morgan fingerprint density at radius 3 is 2.17 bits per heavy atom. The zero-order valence-electron chi connectivity index (χ0n) is 24.8. The van der Waals surface area contributed by atoms with Crippen LogP contribution in [0.2, 0.25) is 0 Å². The van der Waals surface area contributed by atoms with E-state index in [0.717, 1.165) is 57.8 Å². The average Bonchev–Trinajstić information content (AvgIpc) is 3.30. The number of hydrogen-bond donors (Lipinski definition) is 7. The molecule has 4 aliphatic carbocycles. The molecule has 0 aromatic rings. The number of aliphatic hydroxyl groups is 1. The third kappa shape index (κ3) is 5.65. The molecule has 0 saturated heterocycles. The van der Waals surface area contributed by atoms with Gasteiger partial charge in [-0.25, -0.2) is 0 Å². The van der Waals surface area contributed by atoms with E-state index < -0.39 is 0 Å². The Kier molecular flexibility index (Phi) is 9.85. The largest absolute Gasteiger partial charge is 0.396 e. The third-order valence-electron chi connectivity index (χ3n) is 12.0. The van der Waals surface area contributed by atoms with E-state index in [9.17, 15) is 19.5 Å². The summed E-state index contributed by atoms with van der Waals surface area (Å²) in [6.07, 6.45) is 8.36. The minimum Gasteiger partial charge on any atom is -0.396 e. The van der Waals surface area contributed by atoms with Crippen LogP contribution < -0.4 is 33.2 Å². The summed E-state index contributed by atoms with van der Waals surface area (Å²) in [6.45, 7) is 7.19. The van der Waals surface area contributed by atoms with Gasteiger partial charge < -0.3 is 38.3 Å². The molecule has 0 aliphatic heterocycles. The van der Waals surface area contributed by atoms with Gasteiger partial charge in [-0.1, -0.05) is 20.8 Å². The fraction of sp³-hybridized carbons (Fsp3) is 0.900. The van der Waals surface area contributed by atoms with Crippen LogP contribution in [0, 0.1) is 46.3 Å². The Labute approximate surface area is 239 Å². The van der Waals surface area contributed by atoms with Crippen LogP contribution in [0.1, 0.15) is 78.6 Å². The van der Waals surface area contributed by atoms with Crippen LogP contribution in [0.25, 0.3) is 0 Å². The number of nitrogens with two attached hydrogens (primary N) is 3. The van der Waals surface area contributed by atoms with Crippen LogP contribution in [-0.2, 0) is 14.4 Å². The first kappa shape index (κ1) is 31.2. The lowest BCUT2D eigenvalue weighted by atomic mass is 9.42. The van der Waals surface area contributed by atoms with E-state index in [1.54, 1.807) is 0 Å². The lowest BCUT2D eigenvalue weighted by Crippen LogP contribution is -2.68. The van der Waals surface area contributed by atoms with Crippen LogP contribution in [0.5, 0.6) is 0 Å². The third-order valence-corrected chi connectivity index (χ3v) is 12.0. The number of amides is 3. The lowest BCUT2D eigenvalue weighted by Gasteiger charge is -2.65. The maximum Gasteiger partial charge on any atom is 0.233 e. The Morgan fingerprint density at radius 2 is 1.52 bits per heavy atom. The maximum atomic E-state index is 12.8. The van der Waals surface area contributed by atoms with Crippen molar-refractivity contribution in [1.29, 1.82) is 0 Å². The summed E-state index contributed by atoms with van der Waals surface area (Å²) in [7, 11) is 0. The van der Waals surface area contributed by atoms with Crippen molar-refractivity contribution < 1.29 is 19.5 Å². The SMILES string of the molecule is C[C@H](CCCO)[C@H]1CC[C@H]2C3[C@H](NC(=O)CN)CC4CC(NC(=O)CN)CC[C@]4(C)[C@H]3CC(NC(=O)CN)[C@]12C. The molecule has 0 spiro atoms. The molecule has 0 heterocycles. The molecule has 4 aliphatic rings. The van der Waals surface area contributed by atoms with Crippen LogP contribution >= 0.6 is 0 Å². The average molecular weight is 563 g/mol. The van der Waals surface area contributed by atoms with Gasteiger partial charge in [0.25, 0.3) is 0 Å². The Bertz CT molecular complexity index is 934. The van der Waals surface area contributed by atoms with Crippen LogP contribution in [0.3, 0.4) is 0 Å². The molecule has 10 N–H and O–H groups in total. The van der Waals surface area contributed by atoms with Crippen LogP contribution in [0.15, 0.2) is 0 Å². The second-order valence-electron chi connectivity index (χ2n) is 13.8. The normalized spacial score (nSPS) is 41.2. The van der Waals surface area contributed by atoms with Gasteiger partial charge >= 0.3 is 0 Å². The second kappa shape index (κ2) is 12.6. The summed E-state index contributed by atoms with van der Waals surface area (Å²) in [4.78, 5) is 37.7. The molecule has 0 bridgehead atoms. The molecule has 3 amide bonds. The smallest absolute Gasteiger partial charge is 0.233 e. The zero-order chi connectivity index (χ0) is 29.2. The van der Waals surface area contributed by atoms with Crippen LogP contribution in [-0.4, -0.2) is 67.2 Å². The number of rotatable bonds is 10. The molecule has 228 valence electrons. The molecule has 4 unspecified atom stereocenters. The molecule has 4 fully saturated rings. The Balaban J connectivity index is 1.72. The van der Waals surface area contributed by atoms with Crippen molar-refractivity contribution in [3.63, 3.8) is 0 Å². The summed E-state index contributed by atoms with van der Waals surface area (Å²) in [5.41, 5.74) is 17.1. The first-order valence-electron chi connectivity index (χ1n) is 15.6. The van der Waals surface area contributed by atoms with E-state index in [1.807, 2.05) is 0 Å². The molecule has 4 saturated carbocycles. The van der Waals surface area contributed by atoms with Crippen molar-refractivity contribution in [3.05, 3.63) is 0 Å². The van der Waals surface area contributed by atoms with Crippen molar-refractivity contribution in [2.45, 2.75) is 96.7 Å². The van der Waals surface area contributed by atoms with Crippen molar-refractivity contribution in [1.82, 2.24) is 16.0 Å². The molecule has 0 aromatic heterocycles. The van der Waals surface area contributed by atoms with Crippen molar-refractivity contribution in [2.24, 2.45) is 63.5 Å².